The molecule has 1 atom stereocenters. The number of rotatable bonds is 3. The van der Waals surface area contributed by atoms with E-state index in [0.717, 1.165) is 74.8 Å². The summed E-state index contributed by atoms with van der Waals surface area (Å²) in [5, 5.41) is 4.44. The lowest BCUT2D eigenvalue weighted by Gasteiger charge is -2.39. The Hall–Kier alpha value is -3.46. The van der Waals surface area contributed by atoms with Crippen LogP contribution < -0.4 is 15.9 Å². The summed E-state index contributed by atoms with van der Waals surface area (Å²) in [6.45, 7) is 5.72. The first kappa shape index (κ1) is 20.0. The van der Waals surface area contributed by atoms with Crippen LogP contribution in [0, 0.1) is 0 Å². The van der Waals surface area contributed by atoms with Crippen LogP contribution in [0.25, 0.3) is 6.08 Å². The number of pyridine rings is 1. The normalized spacial score (nSPS) is 21.9. The SMILES string of the molecule is CC1=Cc2nc(C3CC3)cc(=O)n2NC1N1CCc2ncc(N3CCCn4nccc43)cc2C1. The van der Waals surface area contributed by atoms with Gasteiger partial charge >= 0.3 is 0 Å². The van der Waals surface area contributed by atoms with Crippen LogP contribution >= 0.6 is 0 Å². The number of nitrogens with zero attached hydrogens (tertiary/aromatic N) is 7. The molecule has 0 saturated heterocycles. The number of hydrogen-bond donors (Lipinski definition) is 1. The van der Waals surface area contributed by atoms with E-state index in [4.69, 9.17) is 9.97 Å². The molecule has 0 spiro atoms. The van der Waals surface area contributed by atoms with Crippen molar-refractivity contribution in [1.82, 2.24) is 29.3 Å². The van der Waals surface area contributed by atoms with Gasteiger partial charge < -0.3 is 4.90 Å². The fraction of sp³-hybridized carbons (Fsp3) is 0.440. The Balaban J connectivity index is 1.16. The van der Waals surface area contributed by atoms with Gasteiger partial charge in [-0.05, 0) is 49.5 Å². The first-order valence-electron chi connectivity index (χ1n) is 12.2. The minimum atomic E-state index is -0.0491. The molecule has 34 heavy (non-hydrogen) atoms. The van der Waals surface area contributed by atoms with E-state index in [9.17, 15) is 4.79 Å². The average Bonchev–Trinajstić information content (AvgIpc) is 3.59. The monoisotopic (exact) mass is 456 g/mol. The van der Waals surface area contributed by atoms with Crippen LogP contribution in [-0.4, -0.2) is 48.6 Å². The molecule has 1 unspecified atom stereocenters. The summed E-state index contributed by atoms with van der Waals surface area (Å²) in [6, 6.07) is 6.05. The van der Waals surface area contributed by atoms with Crippen molar-refractivity contribution >= 4 is 17.6 Å². The molecule has 0 amide bonds. The Morgan fingerprint density at radius 2 is 2.06 bits per heavy atom. The predicted molar refractivity (Wildman–Crippen MR) is 129 cm³/mol. The zero-order valence-electron chi connectivity index (χ0n) is 19.3. The van der Waals surface area contributed by atoms with Gasteiger partial charge in [0.05, 0.1) is 23.8 Å². The summed E-state index contributed by atoms with van der Waals surface area (Å²) >= 11 is 0. The Kier molecular flexibility index (Phi) is 4.42. The van der Waals surface area contributed by atoms with Gasteiger partial charge in [-0.2, -0.15) is 5.10 Å². The predicted octanol–water partition coefficient (Wildman–Crippen LogP) is 2.60. The van der Waals surface area contributed by atoms with Crippen molar-refractivity contribution in [2.24, 2.45) is 0 Å². The highest BCUT2D eigenvalue weighted by Crippen LogP contribution is 2.38. The molecule has 1 aliphatic carbocycles. The minimum absolute atomic E-state index is 0.0243. The lowest BCUT2D eigenvalue weighted by molar-refractivity contribution is 0.205. The number of anilines is 2. The van der Waals surface area contributed by atoms with E-state index in [1.165, 1.54) is 11.1 Å². The maximum Gasteiger partial charge on any atom is 0.272 e. The maximum atomic E-state index is 12.8. The fourth-order valence-electron chi connectivity index (χ4n) is 5.49. The summed E-state index contributed by atoms with van der Waals surface area (Å²) < 4.78 is 3.68. The van der Waals surface area contributed by atoms with Gasteiger partial charge in [-0.3, -0.25) is 20.1 Å². The zero-order chi connectivity index (χ0) is 22.8. The van der Waals surface area contributed by atoms with E-state index in [1.54, 1.807) is 10.7 Å². The molecule has 0 aromatic carbocycles. The third kappa shape index (κ3) is 3.26. The molecular formula is C25H28N8O. The van der Waals surface area contributed by atoms with Crippen molar-refractivity contribution in [3.05, 3.63) is 69.3 Å². The highest BCUT2D eigenvalue weighted by Gasteiger charge is 2.31. The lowest BCUT2D eigenvalue weighted by atomic mass is 10.0. The molecule has 3 aliphatic heterocycles. The highest BCUT2D eigenvalue weighted by atomic mass is 16.1. The van der Waals surface area contributed by atoms with E-state index < -0.39 is 0 Å². The number of nitrogens with one attached hydrogen (secondary N) is 1. The number of aromatic nitrogens is 5. The molecule has 7 rings (SSSR count). The smallest absolute Gasteiger partial charge is 0.272 e. The molecule has 3 aromatic heterocycles. The van der Waals surface area contributed by atoms with Crippen molar-refractivity contribution in [3.63, 3.8) is 0 Å². The van der Waals surface area contributed by atoms with Gasteiger partial charge in [0.25, 0.3) is 5.56 Å². The van der Waals surface area contributed by atoms with Crippen LogP contribution in [0.1, 0.15) is 54.9 Å². The first-order valence-corrected chi connectivity index (χ1v) is 12.2. The van der Waals surface area contributed by atoms with Gasteiger partial charge in [0.1, 0.15) is 12.0 Å². The van der Waals surface area contributed by atoms with Crippen LogP contribution in [0.15, 0.2) is 41.0 Å². The molecular weight excluding hydrogens is 428 g/mol. The molecule has 1 N–H and O–H groups in total. The largest absolute Gasteiger partial charge is 0.325 e. The van der Waals surface area contributed by atoms with Crippen LogP contribution in [0.5, 0.6) is 0 Å². The Morgan fingerprint density at radius 3 is 2.94 bits per heavy atom. The van der Waals surface area contributed by atoms with Crippen LogP contribution in [-0.2, 0) is 19.5 Å². The first-order chi connectivity index (χ1) is 16.6. The molecule has 0 radical (unpaired) electrons. The third-order valence-corrected chi connectivity index (χ3v) is 7.45. The number of aryl methyl sites for hydroxylation is 1. The van der Waals surface area contributed by atoms with E-state index in [0.29, 0.717) is 11.7 Å². The second-order valence-corrected chi connectivity index (χ2v) is 9.84. The van der Waals surface area contributed by atoms with Gasteiger partial charge in [-0.1, -0.05) is 0 Å². The van der Waals surface area contributed by atoms with Crippen molar-refractivity contribution in [2.45, 2.75) is 57.8 Å². The molecule has 174 valence electrons. The van der Waals surface area contributed by atoms with Gasteiger partial charge in [0, 0.05) is 56.3 Å². The quantitative estimate of drug-likeness (QED) is 0.649. The van der Waals surface area contributed by atoms with Crippen LogP contribution in [0.4, 0.5) is 11.5 Å². The van der Waals surface area contributed by atoms with Crippen LogP contribution in [0.3, 0.4) is 0 Å². The number of fused-ring (bicyclic) bond motifs is 3. The average molecular weight is 457 g/mol. The Labute approximate surface area is 197 Å². The third-order valence-electron chi connectivity index (χ3n) is 7.45. The molecule has 0 bridgehead atoms. The van der Waals surface area contributed by atoms with E-state index in [2.05, 4.69) is 50.1 Å². The summed E-state index contributed by atoms with van der Waals surface area (Å²) in [6.07, 6.45) is 10.1. The summed E-state index contributed by atoms with van der Waals surface area (Å²) in [7, 11) is 0. The van der Waals surface area contributed by atoms with Gasteiger partial charge in [-0.15, -0.1) is 0 Å². The van der Waals surface area contributed by atoms with E-state index in [1.807, 2.05) is 12.4 Å². The second kappa shape index (κ2) is 7.53. The minimum Gasteiger partial charge on any atom is -0.325 e. The number of hydrogen-bond acceptors (Lipinski definition) is 7. The molecule has 3 aromatic rings. The molecule has 6 heterocycles. The van der Waals surface area contributed by atoms with Gasteiger partial charge in [-0.25, -0.2) is 14.3 Å². The summed E-state index contributed by atoms with van der Waals surface area (Å²) in [5.74, 6) is 2.30. The van der Waals surface area contributed by atoms with E-state index in [-0.39, 0.29) is 11.7 Å². The van der Waals surface area contributed by atoms with Gasteiger partial charge in [0.2, 0.25) is 0 Å². The molecule has 9 nitrogen and oxygen atoms in total. The van der Waals surface area contributed by atoms with Crippen molar-refractivity contribution < 1.29 is 0 Å². The summed E-state index contributed by atoms with van der Waals surface area (Å²) in [5.41, 5.74) is 9.05. The summed E-state index contributed by atoms with van der Waals surface area (Å²) in [4.78, 5) is 27.1. The second-order valence-electron chi connectivity index (χ2n) is 9.84. The van der Waals surface area contributed by atoms with Crippen LogP contribution in [0.2, 0.25) is 0 Å². The standard InChI is InChI=1S/C25H28N8O/c1-16-11-22-28-21(17-3-4-17)13-24(34)33(22)29-25(16)30-10-6-20-18(15-30)12-19(14-26-20)31-8-2-9-32-23(31)5-7-27-32/h5,7,11-14,17,25,29H,2-4,6,8-10,15H2,1H3. The molecule has 1 saturated carbocycles. The Morgan fingerprint density at radius 1 is 1.15 bits per heavy atom. The van der Waals surface area contributed by atoms with Crippen molar-refractivity contribution in [2.75, 3.05) is 23.4 Å². The van der Waals surface area contributed by atoms with Gasteiger partial charge in [0.15, 0.2) is 5.82 Å². The molecule has 9 heteroatoms. The maximum absolute atomic E-state index is 12.8. The molecule has 4 aliphatic rings. The zero-order valence-corrected chi connectivity index (χ0v) is 19.3. The van der Waals surface area contributed by atoms with E-state index >= 15 is 0 Å². The van der Waals surface area contributed by atoms with Crippen molar-refractivity contribution in [1.29, 1.82) is 0 Å². The van der Waals surface area contributed by atoms with Crippen molar-refractivity contribution in [3.8, 4) is 0 Å². The topological polar surface area (TPSA) is 84.1 Å². The molecule has 1 fully saturated rings. The lowest BCUT2D eigenvalue weighted by Crippen LogP contribution is -2.51. The fourth-order valence-corrected chi connectivity index (χ4v) is 5.49. The highest BCUT2D eigenvalue weighted by molar-refractivity contribution is 5.61. The Bertz CT molecular complexity index is 1370.